The Morgan fingerprint density at radius 2 is 1.91 bits per heavy atom. The molecule has 2 aromatic heterocycles. The molecule has 0 aliphatic heterocycles. The van der Waals surface area contributed by atoms with Crippen LogP contribution in [0.25, 0.3) is 15.5 Å². The number of carbonyl (C=O) groups excluding carboxylic acids is 1. The van der Waals surface area contributed by atoms with Gasteiger partial charge in [0.15, 0.2) is 0 Å². The topological polar surface area (TPSA) is 97.6 Å². The molecule has 2 amide bonds. The molecule has 0 saturated heterocycles. The van der Waals surface area contributed by atoms with Crippen LogP contribution in [-0.2, 0) is 12.7 Å². The van der Waals surface area contributed by atoms with E-state index < -0.39 is 23.3 Å². The summed E-state index contributed by atoms with van der Waals surface area (Å²) in [7, 11) is 1.56. The van der Waals surface area contributed by atoms with Gasteiger partial charge in [-0.05, 0) is 42.5 Å². The number of hydrogen-bond donors (Lipinski definition) is 2. The Morgan fingerprint density at radius 1 is 1.15 bits per heavy atom. The smallest absolute Gasteiger partial charge is 0.416 e. The van der Waals surface area contributed by atoms with Gasteiger partial charge >= 0.3 is 12.2 Å². The zero-order valence-corrected chi connectivity index (χ0v) is 17.8. The molecule has 0 spiro atoms. The summed E-state index contributed by atoms with van der Waals surface area (Å²) in [5.74, 6) is 0.687. The molecule has 33 heavy (non-hydrogen) atoms. The van der Waals surface area contributed by atoms with E-state index in [2.05, 4.69) is 20.7 Å². The molecule has 0 bridgehead atoms. The minimum absolute atomic E-state index is 0.0163. The molecule has 2 heterocycles. The van der Waals surface area contributed by atoms with Crippen molar-refractivity contribution in [3.8, 4) is 16.3 Å². The van der Waals surface area contributed by atoms with Gasteiger partial charge in [-0.3, -0.25) is 4.79 Å². The highest BCUT2D eigenvalue weighted by molar-refractivity contribution is 7.19. The van der Waals surface area contributed by atoms with Crippen molar-refractivity contribution < 1.29 is 22.7 Å². The second-order valence-electron chi connectivity index (χ2n) is 6.80. The molecule has 0 fully saturated rings. The number of alkyl halides is 3. The monoisotopic (exact) mass is 475 g/mol. The summed E-state index contributed by atoms with van der Waals surface area (Å²) in [5.41, 5.74) is -0.253. The summed E-state index contributed by atoms with van der Waals surface area (Å²) in [6, 6.07) is 11.9. The maximum atomic E-state index is 12.8. The normalized spacial score (nSPS) is 11.4. The number of urea groups is 1. The minimum Gasteiger partial charge on any atom is -0.497 e. The van der Waals surface area contributed by atoms with E-state index >= 15 is 0 Å². The molecule has 12 heteroatoms. The number of amides is 2. The van der Waals surface area contributed by atoms with Crippen LogP contribution in [0.15, 0.2) is 59.4 Å². The summed E-state index contributed by atoms with van der Waals surface area (Å²) in [6.07, 6.45) is -4.52. The standard InChI is InChI=1S/C21H16F3N5O3S/c1-32-16-7-5-12(6-8-16)18-28-29-17(30)10-15(27-20(29)33-18)11-25-19(31)26-14-4-2-3-13(9-14)21(22,23)24/h2-10H,11H2,1H3,(H2,25,26,31). The van der Waals surface area contributed by atoms with E-state index in [1.54, 1.807) is 19.2 Å². The third kappa shape index (κ3) is 5.12. The van der Waals surface area contributed by atoms with Crippen LogP contribution < -0.4 is 20.9 Å². The predicted molar refractivity (Wildman–Crippen MR) is 116 cm³/mol. The Hall–Kier alpha value is -3.93. The fourth-order valence-corrected chi connectivity index (χ4v) is 3.85. The average Bonchev–Trinajstić information content (AvgIpc) is 3.22. The van der Waals surface area contributed by atoms with Crippen molar-refractivity contribution in [2.75, 3.05) is 12.4 Å². The molecule has 0 aliphatic carbocycles. The molecule has 0 saturated carbocycles. The zero-order chi connectivity index (χ0) is 23.6. The Bertz CT molecular complexity index is 1370. The van der Waals surface area contributed by atoms with Gasteiger partial charge in [-0.2, -0.15) is 22.8 Å². The summed E-state index contributed by atoms with van der Waals surface area (Å²) in [5, 5.41) is 9.67. The van der Waals surface area contributed by atoms with E-state index in [4.69, 9.17) is 4.74 Å². The fraction of sp³-hybridized carbons (Fsp3) is 0.143. The van der Waals surface area contributed by atoms with Crippen molar-refractivity contribution in [2.24, 2.45) is 0 Å². The molecule has 0 atom stereocenters. The first-order chi connectivity index (χ1) is 15.7. The highest BCUT2D eigenvalue weighted by Gasteiger charge is 2.30. The molecule has 2 N–H and O–H groups in total. The maximum absolute atomic E-state index is 12.8. The van der Waals surface area contributed by atoms with Crippen molar-refractivity contribution in [3.63, 3.8) is 0 Å². The number of carbonyl (C=O) groups is 1. The lowest BCUT2D eigenvalue weighted by Crippen LogP contribution is -2.29. The second kappa shape index (κ2) is 8.90. The van der Waals surface area contributed by atoms with E-state index in [9.17, 15) is 22.8 Å². The Balaban J connectivity index is 1.46. The number of anilines is 1. The van der Waals surface area contributed by atoms with Gasteiger partial charge in [0.1, 0.15) is 10.8 Å². The predicted octanol–water partition coefficient (Wildman–Crippen LogP) is 4.17. The van der Waals surface area contributed by atoms with Crippen LogP contribution in [-0.4, -0.2) is 27.7 Å². The number of rotatable bonds is 5. The first-order valence-corrected chi connectivity index (χ1v) is 10.3. The molecule has 4 rings (SSSR count). The van der Waals surface area contributed by atoms with Crippen LogP contribution >= 0.6 is 11.3 Å². The van der Waals surface area contributed by atoms with E-state index in [-0.39, 0.29) is 17.9 Å². The Kier molecular flexibility index (Phi) is 6.01. The average molecular weight is 475 g/mol. The summed E-state index contributed by atoms with van der Waals surface area (Å²) in [4.78, 5) is 29.2. The number of fused-ring (bicyclic) bond motifs is 1. The minimum atomic E-state index is -4.52. The Morgan fingerprint density at radius 3 is 2.61 bits per heavy atom. The molecular weight excluding hydrogens is 459 g/mol. The molecule has 4 aromatic rings. The van der Waals surface area contributed by atoms with Gasteiger partial charge in [-0.1, -0.05) is 17.4 Å². The molecular formula is C21H16F3N5O3S. The second-order valence-corrected chi connectivity index (χ2v) is 7.76. The van der Waals surface area contributed by atoms with Crippen LogP contribution in [0, 0.1) is 0 Å². The van der Waals surface area contributed by atoms with E-state index in [1.165, 1.54) is 29.5 Å². The molecule has 0 aliphatic rings. The van der Waals surface area contributed by atoms with Crippen LogP contribution in [0.5, 0.6) is 5.75 Å². The quantitative estimate of drug-likeness (QED) is 0.452. The van der Waals surface area contributed by atoms with Gasteiger partial charge in [0.05, 0.1) is 24.9 Å². The van der Waals surface area contributed by atoms with E-state index in [0.29, 0.717) is 15.7 Å². The lowest BCUT2D eigenvalue weighted by Gasteiger charge is -2.10. The van der Waals surface area contributed by atoms with Crippen molar-refractivity contribution in [2.45, 2.75) is 12.7 Å². The molecule has 0 unspecified atom stereocenters. The van der Waals surface area contributed by atoms with Crippen molar-refractivity contribution >= 4 is 28.0 Å². The number of nitrogens with zero attached hydrogens (tertiary/aromatic N) is 3. The van der Waals surface area contributed by atoms with Gasteiger partial charge in [0.25, 0.3) is 5.56 Å². The van der Waals surface area contributed by atoms with Crippen LogP contribution in [0.2, 0.25) is 0 Å². The first-order valence-electron chi connectivity index (χ1n) is 9.49. The molecule has 8 nitrogen and oxygen atoms in total. The fourth-order valence-electron chi connectivity index (χ4n) is 2.92. The van der Waals surface area contributed by atoms with Gasteiger partial charge in [-0.25, -0.2) is 9.78 Å². The zero-order valence-electron chi connectivity index (χ0n) is 17.0. The van der Waals surface area contributed by atoms with Gasteiger partial charge in [0, 0.05) is 17.3 Å². The lowest BCUT2D eigenvalue weighted by atomic mass is 10.2. The SMILES string of the molecule is COc1ccc(-c2nn3c(=O)cc(CNC(=O)Nc4cccc(C(F)(F)F)c4)nc3s2)cc1. The molecule has 170 valence electrons. The lowest BCUT2D eigenvalue weighted by molar-refractivity contribution is -0.137. The van der Waals surface area contributed by atoms with E-state index in [1.807, 2.05) is 12.1 Å². The van der Waals surface area contributed by atoms with E-state index in [0.717, 1.165) is 22.2 Å². The van der Waals surface area contributed by atoms with Crippen LogP contribution in [0.3, 0.4) is 0 Å². The van der Waals surface area contributed by atoms with Crippen LogP contribution in [0.1, 0.15) is 11.3 Å². The third-order valence-electron chi connectivity index (χ3n) is 4.51. The number of methoxy groups -OCH3 is 1. The van der Waals surface area contributed by atoms with Gasteiger partial charge in [0.2, 0.25) is 4.96 Å². The highest BCUT2D eigenvalue weighted by atomic mass is 32.1. The van der Waals surface area contributed by atoms with Crippen molar-refractivity contribution in [3.05, 3.63) is 76.2 Å². The number of nitrogens with one attached hydrogen (secondary N) is 2. The summed E-state index contributed by atoms with van der Waals surface area (Å²) >= 11 is 1.20. The third-order valence-corrected chi connectivity index (χ3v) is 5.47. The number of halogens is 3. The number of aromatic nitrogens is 3. The molecule has 0 radical (unpaired) electrons. The highest BCUT2D eigenvalue weighted by Crippen LogP contribution is 2.30. The van der Waals surface area contributed by atoms with Gasteiger partial charge < -0.3 is 15.4 Å². The van der Waals surface area contributed by atoms with Crippen LogP contribution in [0.4, 0.5) is 23.7 Å². The Labute approximate surface area is 188 Å². The maximum Gasteiger partial charge on any atom is 0.416 e. The summed E-state index contributed by atoms with van der Waals surface area (Å²) in [6.45, 7) is -0.105. The number of benzene rings is 2. The van der Waals surface area contributed by atoms with Crippen molar-refractivity contribution in [1.82, 2.24) is 19.9 Å². The number of hydrogen-bond acceptors (Lipinski definition) is 6. The summed E-state index contributed by atoms with van der Waals surface area (Å²) < 4.78 is 44.7. The van der Waals surface area contributed by atoms with Gasteiger partial charge in [-0.15, -0.1) is 0 Å². The van der Waals surface area contributed by atoms with Crippen molar-refractivity contribution in [1.29, 1.82) is 0 Å². The first kappa shape index (κ1) is 22.3. The largest absolute Gasteiger partial charge is 0.497 e. The number of ether oxygens (including phenoxy) is 1. The molecule has 2 aromatic carbocycles.